The van der Waals surface area contributed by atoms with Gasteiger partial charge >= 0.3 is 18.1 Å². The Bertz CT molecular complexity index is 1340. The highest BCUT2D eigenvalue weighted by atomic mass is 19.4. The molecule has 0 amide bonds. The van der Waals surface area contributed by atoms with E-state index in [-0.39, 0.29) is 25.2 Å². The molecule has 2 aromatic rings. The molecule has 0 fully saturated rings. The van der Waals surface area contributed by atoms with Gasteiger partial charge in [-0.2, -0.15) is 13.2 Å². The Kier molecular flexibility index (Phi) is 14.7. The fourth-order valence-corrected chi connectivity index (χ4v) is 5.21. The van der Waals surface area contributed by atoms with E-state index in [0.29, 0.717) is 6.42 Å². The summed E-state index contributed by atoms with van der Waals surface area (Å²) in [6.07, 6.45) is 8.74. The lowest BCUT2D eigenvalue weighted by molar-refractivity contribution is -0.206. The van der Waals surface area contributed by atoms with E-state index < -0.39 is 47.6 Å². The van der Waals surface area contributed by atoms with E-state index in [4.69, 9.17) is 14.2 Å². The predicted molar refractivity (Wildman–Crippen MR) is 171 cm³/mol. The highest BCUT2D eigenvalue weighted by Crippen LogP contribution is 2.33. The number of alkyl halides is 3. The summed E-state index contributed by atoms with van der Waals surface area (Å²) in [5, 5.41) is 0. The first kappa shape index (κ1) is 36.7. The molecular formula is C37H44F4O5. The van der Waals surface area contributed by atoms with E-state index in [1.807, 2.05) is 36.4 Å². The summed E-state index contributed by atoms with van der Waals surface area (Å²) in [6, 6.07) is 12.4. The van der Waals surface area contributed by atoms with Crippen molar-refractivity contribution < 1.29 is 41.4 Å². The van der Waals surface area contributed by atoms with Crippen molar-refractivity contribution in [2.75, 3.05) is 6.61 Å². The standard InChI is InChI=1S/C37H44F4O5/c1-3-5-6-7-8-9-10-11-12-16-19-33(37(39,40)41)46-34(42)31-21-20-30(27-32(31)38)45-35(43)36(44-26-4-2)24-22-29(23-25-36)28-17-14-13-15-18-28/h4,13-15,17-18,20-24,27,33H,2-3,5-12,16,19,25-26H2,1H3. The molecule has 250 valence electrons. The number of hydrogen-bond acceptors (Lipinski definition) is 5. The number of rotatable bonds is 19. The van der Waals surface area contributed by atoms with Crippen molar-refractivity contribution in [2.45, 2.75) is 102 Å². The summed E-state index contributed by atoms with van der Waals surface area (Å²) in [5.74, 6) is -3.70. The quantitative estimate of drug-likeness (QED) is 0.0501. The van der Waals surface area contributed by atoms with Crippen LogP contribution < -0.4 is 4.74 Å². The van der Waals surface area contributed by atoms with Crippen molar-refractivity contribution in [3.63, 3.8) is 0 Å². The van der Waals surface area contributed by atoms with Crippen LogP contribution in [0.25, 0.3) is 5.57 Å². The van der Waals surface area contributed by atoms with Gasteiger partial charge in [0.15, 0.2) is 11.7 Å². The zero-order valence-electron chi connectivity index (χ0n) is 26.5. The predicted octanol–water partition coefficient (Wildman–Crippen LogP) is 10.1. The minimum Gasteiger partial charge on any atom is -0.449 e. The molecule has 5 nitrogen and oxygen atoms in total. The number of esters is 2. The molecule has 46 heavy (non-hydrogen) atoms. The maximum absolute atomic E-state index is 15.0. The molecule has 0 N–H and O–H groups in total. The van der Waals surface area contributed by atoms with Gasteiger partial charge < -0.3 is 14.2 Å². The van der Waals surface area contributed by atoms with Crippen LogP contribution in [0.5, 0.6) is 5.75 Å². The van der Waals surface area contributed by atoms with Crippen molar-refractivity contribution in [2.24, 2.45) is 0 Å². The summed E-state index contributed by atoms with van der Waals surface area (Å²) in [7, 11) is 0. The zero-order valence-corrected chi connectivity index (χ0v) is 26.5. The third kappa shape index (κ3) is 11.3. The molecule has 9 heteroatoms. The van der Waals surface area contributed by atoms with Crippen molar-refractivity contribution >= 4 is 17.5 Å². The molecule has 1 aliphatic carbocycles. The van der Waals surface area contributed by atoms with Crippen LogP contribution in [0.15, 0.2) is 79.4 Å². The van der Waals surface area contributed by atoms with Crippen LogP contribution >= 0.6 is 0 Å². The number of carbonyl (C=O) groups is 2. The van der Waals surface area contributed by atoms with Crippen molar-refractivity contribution in [3.8, 4) is 5.75 Å². The number of carbonyl (C=O) groups excluding carboxylic acids is 2. The normalized spacial score (nSPS) is 16.8. The number of benzene rings is 2. The minimum absolute atomic E-state index is 0.0343. The Hall–Kier alpha value is -3.72. The molecular weight excluding hydrogens is 600 g/mol. The lowest BCUT2D eigenvalue weighted by atomic mass is 9.89. The van der Waals surface area contributed by atoms with E-state index in [1.165, 1.54) is 31.8 Å². The molecule has 0 saturated heterocycles. The molecule has 0 bridgehead atoms. The molecule has 0 aromatic heterocycles. The lowest BCUT2D eigenvalue weighted by Crippen LogP contribution is -2.43. The lowest BCUT2D eigenvalue weighted by Gasteiger charge is -2.30. The SMILES string of the molecule is C=CCOC1(C(=O)Oc2ccc(C(=O)OC(CCCCCCCCCCCC)C(F)(F)F)c(F)c2)C=CC(c2ccccc2)=CC1. The van der Waals surface area contributed by atoms with E-state index in [9.17, 15) is 27.2 Å². The topological polar surface area (TPSA) is 61.8 Å². The van der Waals surface area contributed by atoms with Crippen LogP contribution in [-0.2, 0) is 14.3 Å². The fraction of sp³-hybridized carbons (Fsp3) is 0.459. The smallest absolute Gasteiger partial charge is 0.425 e. The van der Waals surface area contributed by atoms with Gasteiger partial charge in [-0.05, 0) is 42.2 Å². The van der Waals surface area contributed by atoms with Crippen molar-refractivity contribution in [3.05, 3.63) is 96.4 Å². The first-order chi connectivity index (χ1) is 22.1. The first-order valence-electron chi connectivity index (χ1n) is 16.1. The molecule has 0 saturated carbocycles. The summed E-state index contributed by atoms with van der Waals surface area (Å²) in [4.78, 5) is 25.8. The van der Waals surface area contributed by atoms with E-state index in [1.54, 1.807) is 12.2 Å². The third-order valence-corrected chi connectivity index (χ3v) is 7.87. The number of hydrogen-bond donors (Lipinski definition) is 0. The van der Waals surface area contributed by atoms with Gasteiger partial charge in [-0.25, -0.2) is 14.0 Å². The Balaban J connectivity index is 1.57. The van der Waals surface area contributed by atoms with Gasteiger partial charge in [0.1, 0.15) is 11.6 Å². The average molecular weight is 645 g/mol. The first-order valence-corrected chi connectivity index (χ1v) is 16.1. The second-order valence-corrected chi connectivity index (χ2v) is 11.5. The van der Waals surface area contributed by atoms with Crippen LogP contribution in [0.2, 0.25) is 0 Å². The zero-order chi connectivity index (χ0) is 33.4. The number of unbranched alkanes of at least 4 members (excludes halogenated alkanes) is 9. The van der Waals surface area contributed by atoms with E-state index >= 15 is 0 Å². The molecule has 2 atom stereocenters. The van der Waals surface area contributed by atoms with Gasteiger partial charge in [0.25, 0.3) is 0 Å². The number of allylic oxidation sites excluding steroid dienone is 2. The van der Waals surface area contributed by atoms with Crippen molar-refractivity contribution in [1.29, 1.82) is 0 Å². The molecule has 0 spiro atoms. The highest BCUT2D eigenvalue weighted by molar-refractivity contribution is 5.91. The van der Waals surface area contributed by atoms with Gasteiger partial charge in [0.05, 0.1) is 12.2 Å². The van der Waals surface area contributed by atoms with Gasteiger partial charge in [-0.3, -0.25) is 0 Å². The van der Waals surface area contributed by atoms with Gasteiger partial charge in [-0.15, -0.1) is 6.58 Å². The van der Waals surface area contributed by atoms with Gasteiger partial charge in [0.2, 0.25) is 0 Å². The monoisotopic (exact) mass is 644 g/mol. The fourth-order valence-electron chi connectivity index (χ4n) is 5.21. The Labute approximate surface area is 269 Å². The second kappa shape index (κ2) is 18.4. The number of halogens is 4. The van der Waals surface area contributed by atoms with E-state index in [0.717, 1.165) is 55.0 Å². The second-order valence-electron chi connectivity index (χ2n) is 11.5. The molecule has 0 heterocycles. The highest BCUT2D eigenvalue weighted by Gasteiger charge is 2.43. The van der Waals surface area contributed by atoms with E-state index in [2.05, 4.69) is 13.5 Å². The molecule has 2 aromatic carbocycles. The van der Waals surface area contributed by atoms with Crippen LogP contribution in [0.1, 0.15) is 99.9 Å². The Morgan fingerprint density at radius 2 is 1.61 bits per heavy atom. The van der Waals surface area contributed by atoms with Crippen LogP contribution in [0.4, 0.5) is 17.6 Å². The number of ether oxygens (including phenoxy) is 3. The summed E-state index contributed by atoms with van der Waals surface area (Å²) >= 11 is 0. The summed E-state index contributed by atoms with van der Waals surface area (Å²) in [6.45, 7) is 5.81. The van der Waals surface area contributed by atoms with Crippen LogP contribution in [-0.4, -0.2) is 36.4 Å². The summed E-state index contributed by atoms with van der Waals surface area (Å²) < 4.78 is 71.8. The maximum Gasteiger partial charge on any atom is 0.425 e. The summed E-state index contributed by atoms with van der Waals surface area (Å²) in [5.41, 5.74) is -0.381. The van der Waals surface area contributed by atoms with Crippen molar-refractivity contribution in [1.82, 2.24) is 0 Å². The largest absolute Gasteiger partial charge is 0.449 e. The Morgan fingerprint density at radius 1 is 0.957 bits per heavy atom. The van der Waals surface area contributed by atoms with Crippen LogP contribution in [0, 0.1) is 5.82 Å². The molecule has 1 aliphatic rings. The van der Waals surface area contributed by atoms with Crippen LogP contribution in [0.3, 0.4) is 0 Å². The molecule has 0 aliphatic heterocycles. The van der Waals surface area contributed by atoms with Gasteiger partial charge in [-0.1, -0.05) is 113 Å². The average Bonchev–Trinajstić information content (AvgIpc) is 3.04. The minimum atomic E-state index is -4.79. The third-order valence-electron chi connectivity index (χ3n) is 7.87. The van der Waals surface area contributed by atoms with Gasteiger partial charge in [0, 0.05) is 12.5 Å². The molecule has 3 rings (SSSR count). The maximum atomic E-state index is 15.0. The molecule has 2 unspecified atom stereocenters. The Morgan fingerprint density at radius 3 is 2.17 bits per heavy atom. The molecule has 0 radical (unpaired) electrons.